The van der Waals surface area contributed by atoms with Crippen LogP contribution in [-0.2, 0) is 28.2 Å². The minimum absolute atomic E-state index is 0. The highest BCUT2D eigenvalue weighted by Gasteiger charge is 2.54. The third kappa shape index (κ3) is 5.81. The number of esters is 1. The summed E-state index contributed by atoms with van der Waals surface area (Å²) in [6, 6.07) is 11.4. The van der Waals surface area contributed by atoms with Crippen molar-refractivity contribution in [1.82, 2.24) is 4.57 Å². The summed E-state index contributed by atoms with van der Waals surface area (Å²) in [5, 5.41) is 11.4. The van der Waals surface area contributed by atoms with E-state index >= 15 is 0 Å². The van der Waals surface area contributed by atoms with E-state index in [1.165, 1.54) is 24.3 Å². The molecule has 1 heterocycles. The summed E-state index contributed by atoms with van der Waals surface area (Å²) in [6.45, 7) is 2.12. The molecule has 0 radical (unpaired) electrons. The number of nitrogens with zero attached hydrogens (tertiary/aromatic N) is 2. The minimum atomic E-state index is -2.94. The standard InChI is InChI=1S/C26H27F4N2O3.BrH/c1-18-31(11-12-32(18)17-19-7-8-22(27)15-23(19)28)13-14-35-24(33)26(34,20-5-3-2-4-6-20)21-9-10-25(29,30)16-21;/h2-8,11-12,15,21,34H,9-10,13-14,16-17H2,1H3;1H/q+1;/p-1/t21-,26+;/m1./s1. The Morgan fingerprint density at radius 3 is 2.58 bits per heavy atom. The van der Waals surface area contributed by atoms with Crippen molar-refractivity contribution >= 4 is 5.97 Å². The van der Waals surface area contributed by atoms with Crippen LogP contribution in [0.1, 0.15) is 36.2 Å². The normalized spacial score (nSPS) is 18.3. The molecule has 1 aliphatic carbocycles. The fourth-order valence-corrected chi connectivity index (χ4v) is 4.64. The molecule has 1 fully saturated rings. The number of benzene rings is 2. The second kappa shape index (κ2) is 11.1. The Bertz CT molecular complexity index is 1210. The summed E-state index contributed by atoms with van der Waals surface area (Å²) >= 11 is 0. The summed E-state index contributed by atoms with van der Waals surface area (Å²) in [6.07, 6.45) is 2.47. The van der Waals surface area contributed by atoms with Gasteiger partial charge in [0.1, 0.15) is 43.7 Å². The molecule has 194 valence electrons. The Labute approximate surface area is 217 Å². The Balaban J connectivity index is 0.00000361. The number of imidazole rings is 1. The Morgan fingerprint density at radius 2 is 1.94 bits per heavy atom. The van der Waals surface area contributed by atoms with Gasteiger partial charge in [0.25, 0.3) is 5.82 Å². The number of aliphatic hydroxyl groups is 1. The van der Waals surface area contributed by atoms with E-state index in [1.807, 2.05) is 0 Å². The maximum absolute atomic E-state index is 14.0. The number of hydrogen-bond acceptors (Lipinski definition) is 3. The largest absolute Gasteiger partial charge is 1.00 e. The van der Waals surface area contributed by atoms with E-state index in [1.54, 1.807) is 46.7 Å². The summed E-state index contributed by atoms with van der Waals surface area (Å²) in [5.74, 6) is -5.42. The van der Waals surface area contributed by atoms with Crippen LogP contribution in [0.4, 0.5) is 17.6 Å². The van der Waals surface area contributed by atoms with Gasteiger partial charge in [0.05, 0.1) is 0 Å². The van der Waals surface area contributed by atoms with Gasteiger partial charge in [0.15, 0.2) is 5.60 Å². The van der Waals surface area contributed by atoms with Crippen molar-refractivity contribution < 1.29 is 53.7 Å². The van der Waals surface area contributed by atoms with Crippen LogP contribution in [0, 0.1) is 24.5 Å². The van der Waals surface area contributed by atoms with Gasteiger partial charge in [0, 0.05) is 37.3 Å². The molecule has 1 aromatic heterocycles. The molecule has 3 aromatic rings. The first-order valence-electron chi connectivity index (χ1n) is 11.4. The Hall–Kier alpha value is -2.72. The lowest BCUT2D eigenvalue weighted by Gasteiger charge is -2.32. The summed E-state index contributed by atoms with van der Waals surface area (Å²) < 4.78 is 63.9. The van der Waals surface area contributed by atoms with E-state index in [0.29, 0.717) is 5.56 Å². The van der Waals surface area contributed by atoms with Crippen molar-refractivity contribution in [2.24, 2.45) is 5.92 Å². The summed E-state index contributed by atoms with van der Waals surface area (Å²) in [4.78, 5) is 13.0. The van der Waals surface area contributed by atoms with Crippen LogP contribution in [0.2, 0.25) is 0 Å². The molecule has 0 amide bonds. The first-order valence-corrected chi connectivity index (χ1v) is 11.4. The first kappa shape index (κ1) is 27.9. The molecule has 36 heavy (non-hydrogen) atoms. The van der Waals surface area contributed by atoms with Gasteiger partial charge in [-0.25, -0.2) is 31.5 Å². The lowest BCUT2D eigenvalue weighted by atomic mass is 9.80. The first-order chi connectivity index (χ1) is 16.6. The van der Waals surface area contributed by atoms with Crippen molar-refractivity contribution in [3.63, 3.8) is 0 Å². The number of aromatic nitrogens is 2. The lowest BCUT2D eigenvalue weighted by molar-refractivity contribution is -0.694. The van der Waals surface area contributed by atoms with Crippen LogP contribution >= 0.6 is 0 Å². The molecule has 2 aromatic carbocycles. The fraction of sp³-hybridized carbons (Fsp3) is 0.385. The average Bonchev–Trinajstić information content (AvgIpc) is 3.37. The number of carbonyl (C=O) groups excluding carboxylic acids is 1. The van der Waals surface area contributed by atoms with E-state index < -0.39 is 47.9 Å². The maximum atomic E-state index is 14.0. The number of hydrogen-bond donors (Lipinski definition) is 1. The molecule has 10 heteroatoms. The highest BCUT2D eigenvalue weighted by atomic mass is 79.9. The van der Waals surface area contributed by atoms with Crippen LogP contribution in [0.3, 0.4) is 0 Å². The van der Waals surface area contributed by atoms with Crippen LogP contribution in [0.25, 0.3) is 0 Å². The van der Waals surface area contributed by atoms with Crippen LogP contribution < -0.4 is 21.5 Å². The smallest absolute Gasteiger partial charge is 0.343 e. The van der Waals surface area contributed by atoms with Gasteiger partial charge in [-0.1, -0.05) is 30.3 Å². The number of alkyl halides is 2. The Kier molecular flexibility index (Phi) is 8.61. The number of carbonyl (C=O) groups is 1. The van der Waals surface area contributed by atoms with Gasteiger partial charge >= 0.3 is 5.97 Å². The van der Waals surface area contributed by atoms with E-state index in [0.717, 1.165) is 11.9 Å². The van der Waals surface area contributed by atoms with Crippen LogP contribution in [0.15, 0.2) is 60.9 Å². The minimum Gasteiger partial charge on any atom is -1.00 e. The SMILES string of the molecule is Cc1n(CCOC(=O)[C@](O)(c2ccccc2)[C@@H]2CCC(F)(F)C2)cc[n+]1Cc1ccc(F)cc1F.[Br-]. The molecule has 0 saturated heterocycles. The maximum Gasteiger partial charge on any atom is 0.343 e. The second-order valence-corrected chi connectivity index (χ2v) is 8.97. The van der Waals surface area contributed by atoms with Crippen molar-refractivity contribution in [1.29, 1.82) is 0 Å². The molecule has 2 atom stereocenters. The van der Waals surface area contributed by atoms with E-state index in [9.17, 15) is 27.5 Å². The van der Waals surface area contributed by atoms with E-state index in [-0.39, 0.29) is 48.7 Å². The topological polar surface area (TPSA) is 55.3 Å². The molecular weight excluding hydrogens is 544 g/mol. The molecule has 4 rings (SSSR count). The predicted molar refractivity (Wildman–Crippen MR) is 118 cm³/mol. The van der Waals surface area contributed by atoms with Crippen molar-refractivity contribution in [2.75, 3.05) is 6.61 Å². The number of halogens is 5. The number of ether oxygens (including phenoxy) is 1. The molecule has 0 unspecified atom stereocenters. The summed E-state index contributed by atoms with van der Waals surface area (Å²) in [7, 11) is 0. The molecule has 0 bridgehead atoms. The zero-order valence-corrected chi connectivity index (χ0v) is 21.2. The van der Waals surface area contributed by atoms with Gasteiger partial charge in [-0.15, -0.1) is 0 Å². The van der Waals surface area contributed by atoms with Crippen LogP contribution in [-0.4, -0.2) is 28.2 Å². The highest BCUT2D eigenvalue weighted by molar-refractivity contribution is 5.81. The molecule has 1 N–H and O–H groups in total. The molecule has 0 aliphatic heterocycles. The number of rotatable bonds is 8. The third-order valence-corrected chi connectivity index (χ3v) is 6.70. The highest BCUT2D eigenvalue weighted by Crippen LogP contribution is 2.47. The lowest BCUT2D eigenvalue weighted by Crippen LogP contribution is -3.00. The molecular formula is C26H27BrF4N2O3. The second-order valence-electron chi connectivity index (χ2n) is 8.97. The molecule has 1 aliphatic rings. The van der Waals surface area contributed by atoms with Gasteiger partial charge in [-0.05, 0) is 24.1 Å². The van der Waals surface area contributed by atoms with Gasteiger partial charge in [-0.3, -0.25) is 0 Å². The van der Waals surface area contributed by atoms with Gasteiger partial charge in [-0.2, -0.15) is 0 Å². The van der Waals surface area contributed by atoms with Gasteiger partial charge in [0.2, 0.25) is 5.92 Å². The summed E-state index contributed by atoms with van der Waals surface area (Å²) in [5.41, 5.74) is -1.62. The quantitative estimate of drug-likeness (QED) is 0.252. The molecule has 5 nitrogen and oxygen atoms in total. The third-order valence-electron chi connectivity index (χ3n) is 6.70. The Morgan fingerprint density at radius 1 is 1.22 bits per heavy atom. The van der Waals surface area contributed by atoms with Crippen molar-refractivity contribution in [3.05, 3.63) is 89.5 Å². The van der Waals surface area contributed by atoms with Crippen molar-refractivity contribution in [3.8, 4) is 0 Å². The zero-order valence-electron chi connectivity index (χ0n) is 19.6. The molecule has 1 saturated carbocycles. The van der Waals surface area contributed by atoms with Crippen molar-refractivity contribution in [2.45, 2.75) is 50.8 Å². The molecule has 0 spiro atoms. The van der Waals surface area contributed by atoms with E-state index in [2.05, 4.69) is 0 Å². The average molecular weight is 571 g/mol. The predicted octanol–water partition coefficient (Wildman–Crippen LogP) is 1.28. The van der Waals surface area contributed by atoms with Crippen LogP contribution in [0.5, 0.6) is 0 Å². The van der Waals surface area contributed by atoms with E-state index in [4.69, 9.17) is 4.74 Å². The fourth-order valence-electron chi connectivity index (χ4n) is 4.64. The monoisotopic (exact) mass is 570 g/mol. The van der Waals surface area contributed by atoms with Gasteiger partial charge < -0.3 is 26.8 Å². The zero-order chi connectivity index (χ0) is 25.2.